The SMILES string of the molecule is S=c1[nH]nc(-c2ccccc2Cl)n1N=Cc1ccc(OCc2ccccc2)cc1. The van der Waals surface area contributed by atoms with E-state index in [0.29, 0.717) is 22.2 Å². The second-order valence-electron chi connectivity index (χ2n) is 6.23. The molecule has 144 valence electrons. The minimum Gasteiger partial charge on any atom is -0.489 e. The fraction of sp³-hybridized carbons (Fsp3) is 0.0455. The molecule has 4 aromatic rings. The summed E-state index contributed by atoms with van der Waals surface area (Å²) in [5.41, 5.74) is 2.79. The number of hydrogen-bond acceptors (Lipinski definition) is 4. The van der Waals surface area contributed by atoms with Crippen LogP contribution in [0.4, 0.5) is 0 Å². The molecule has 3 aromatic carbocycles. The molecule has 1 aromatic heterocycles. The zero-order valence-electron chi connectivity index (χ0n) is 15.3. The summed E-state index contributed by atoms with van der Waals surface area (Å²) in [5, 5.41) is 12.1. The van der Waals surface area contributed by atoms with Crippen LogP contribution in [0.25, 0.3) is 11.4 Å². The van der Waals surface area contributed by atoms with Crippen LogP contribution in [-0.4, -0.2) is 21.1 Å². The van der Waals surface area contributed by atoms with Crippen LogP contribution in [0.2, 0.25) is 5.02 Å². The summed E-state index contributed by atoms with van der Waals surface area (Å²) in [7, 11) is 0. The smallest absolute Gasteiger partial charge is 0.216 e. The number of hydrogen-bond donors (Lipinski definition) is 1. The van der Waals surface area contributed by atoms with Crippen LogP contribution < -0.4 is 4.74 Å². The Hall–Kier alpha value is -3.22. The van der Waals surface area contributed by atoms with Gasteiger partial charge in [-0.3, -0.25) is 0 Å². The van der Waals surface area contributed by atoms with E-state index in [1.807, 2.05) is 72.8 Å². The molecule has 0 bridgehead atoms. The van der Waals surface area contributed by atoms with Gasteiger partial charge in [-0.25, -0.2) is 5.10 Å². The molecule has 0 unspecified atom stereocenters. The van der Waals surface area contributed by atoms with Crippen LogP contribution in [0.1, 0.15) is 11.1 Å². The van der Waals surface area contributed by atoms with Crippen LogP contribution in [0.5, 0.6) is 5.75 Å². The van der Waals surface area contributed by atoms with Crippen molar-refractivity contribution in [3.63, 3.8) is 0 Å². The maximum absolute atomic E-state index is 6.28. The zero-order chi connectivity index (χ0) is 20.1. The Bertz CT molecular complexity index is 1180. The van der Waals surface area contributed by atoms with E-state index in [4.69, 9.17) is 28.6 Å². The van der Waals surface area contributed by atoms with E-state index >= 15 is 0 Å². The van der Waals surface area contributed by atoms with Gasteiger partial charge in [0.15, 0.2) is 5.82 Å². The summed E-state index contributed by atoms with van der Waals surface area (Å²) in [6.45, 7) is 0.527. The Morgan fingerprint density at radius 3 is 2.48 bits per heavy atom. The first kappa shape index (κ1) is 19.1. The van der Waals surface area contributed by atoms with Gasteiger partial charge in [0.2, 0.25) is 4.77 Å². The van der Waals surface area contributed by atoms with Gasteiger partial charge in [0.1, 0.15) is 12.4 Å². The number of aromatic nitrogens is 3. The van der Waals surface area contributed by atoms with Crippen molar-refractivity contribution in [2.75, 3.05) is 0 Å². The summed E-state index contributed by atoms with van der Waals surface area (Å²) in [4.78, 5) is 0. The molecule has 1 heterocycles. The van der Waals surface area contributed by atoms with Crippen LogP contribution in [0, 0.1) is 4.77 Å². The molecule has 29 heavy (non-hydrogen) atoms. The van der Waals surface area contributed by atoms with Gasteiger partial charge in [-0.2, -0.15) is 14.9 Å². The maximum Gasteiger partial charge on any atom is 0.216 e. The zero-order valence-corrected chi connectivity index (χ0v) is 16.9. The summed E-state index contributed by atoms with van der Waals surface area (Å²) in [6.07, 6.45) is 1.71. The molecule has 0 atom stereocenters. The van der Waals surface area contributed by atoms with Crippen molar-refractivity contribution in [3.05, 3.63) is 99.8 Å². The second kappa shape index (κ2) is 8.86. The first-order valence-corrected chi connectivity index (χ1v) is 9.73. The number of H-pyrrole nitrogens is 1. The molecular weight excluding hydrogens is 404 g/mol. The monoisotopic (exact) mass is 420 g/mol. The van der Waals surface area contributed by atoms with E-state index in [1.54, 1.807) is 17.0 Å². The minimum absolute atomic E-state index is 0.388. The van der Waals surface area contributed by atoms with Crippen molar-refractivity contribution in [2.45, 2.75) is 6.61 Å². The van der Waals surface area contributed by atoms with Crippen molar-refractivity contribution >= 4 is 30.0 Å². The Labute approximate surface area is 178 Å². The Morgan fingerprint density at radius 2 is 1.72 bits per heavy atom. The second-order valence-corrected chi connectivity index (χ2v) is 7.03. The average molecular weight is 421 g/mol. The lowest BCUT2D eigenvalue weighted by Gasteiger charge is -2.06. The number of nitrogens with one attached hydrogen (secondary N) is 1. The maximum atomic E-state index is 6.28. The summed E-state index contributed by atoms with van der Waals surface area (Å²) < 4.78 is 7.75. The number of ether oxygens (including phenoxy) is 1. The first-order chi connectivity index (χ1) is 14.2. The average Bonchev–Trinajstić information content (AvgIpc) is 3.13. The number of halogens is 1. The molecule has 1 N–H and O–H groups in total. The van der Waals surface area contributed by atoms with Gasteiger partial charge in [0.25, 0.3) is 0 Å². The molecule has 0 fully saturated rings. The number of aromatic amines is 1. The summed E-state index contributed by atoms with van der Waals surface area (Å²) in [5.74, 6) is 1.35. The van der Waals surface area contributed by atoms with Gasteiger partial charge in [-0.15, -0.1) is 0 Å². The van der Waals surface area contributed by atoms with Gasteiger partial charge in [-0.05, 0) is 59.7 Å². The molecular formula is C22H17ClN4OS. The summed E-state index contributed by atoms with van der Waals surface area (Å²) in [6, 6.07) is 25.2. The van der Waals surface area contributed by atoms with Gasteiger partial charge in [0, 0.05) is 5.56 Å². The Kier molecular flexibility index (Phi) is 5.84. The number of nitrogens with zero attached hydrogens (tertiary/aromatic N) is 3. The van der Waals surface area contributed by atoms with E-state index in [1.165, 1.54) is 0 Å². The molecule has 0 amide bonds. The van der Waals surface area contributed by atoms with E-state index in [9.17, 15) is 0 Å². The highest BCUT2D eigenvalue weighted by molar-refractivity contribution is 7.71. The Balaban J connectivity index is 1.49. The lowest BCUT2D eigenvalue weighted by molar-refractivity contribution is 0.306. The quantitative estimate of drug-likeness (QED) is 0.320. The molecule has 0 aliphatic heterocycles. The van der Waals surface area contributed by atoms with Crippen molar-refractivity contribution in [1.29, 1.82) is 0 Å². The highest BCUT2D eigenvalue weighted by Crippen LogP contribution is 2.26. The third-order valence-corrected chi connectivity index (χ3v) is 4.81. The van der Waals surface area contributed by atoms with E-state index in [0.717, 1.165) is 22.4 Å². The third-order valence-electron chi connectivity index (χ3n) is 4.22. The van der Waals surface area contributed by atoms with Crippen LogP contribution in [0.15, 0.2) is 84.0 Å². The van der Waals surface area contributed by atoms with Crippen LogP contribution >= 0.6 is 23.8 Å². The molecule has 4 rings (SSSR count). The standard InChI is InChI=1S/C22H17ClN4OS/c23-20-9-5-4-8-19(20)21-25-26-22(29)27(21)24-14-16-10-12-18(13-11-16)28-15-17-6-2-1-3-7-17/h1-14H,15H2,(H,26,29). The molecule has 0 aliphatic rings. The summed E-state index contributed by atoms with van der Waals surface area (Å²) >= 11 is 11.6. The molecule has 7 heteroatoms. The predicted octanol–water partition coefficient (Wildman–Crippen LogP) is 5.72. The van der Waals surface area contributed by atoms with Crippen LogP contribution in [-0.2, 0) is 6.61 Å². The minimum atomic E-state index is 0.388. The molecule has 0 aliphatic carbocycles. The number of rotatable bonds is 6. The molecule has 5 nitrogen and oxygen atoms in total. The molecule has 0 saturated carbocycles. The van der Waals surface area contributed by atoms with Crippen molar-refractivity contribution < 1.29 is 4.74 Å². The molecule has 0 saturated heterocycles. The highest BCUT2D eigenvalue weighted by Gasteiger charge is 2.11. The van der Waals surface area contributed by atoms with E-state index < -0.39 is 0 Å². The lowest BCUT2D eigenvalue weighted by atomic mass is 10.2. The van der Waals surface area contributed by atoms with Gasteiger partial charge in [0.05, 0.1) is 11.2 Å². The topological polar surface area (TPSA) is 55.2 Å². The number of benzene rings is 3. The van der Waals surface area contributed by atoms with Gasteiger partial charge >= 0.3 is 0 Å². The molecule has 0 spiro atoms. The van der Waals surface area contributed by atoms with Crippen molar-refractivity contribution in [3.8, 4) is 17.1 Å². The largest absolute Gasteiger partial charge is 0.489 e. The lowest BCUT2D eigenvalue weighted by Crippen LogP contribution is -1.96. The highest BCUT2D eigenvalue weighted by atomic mass is 35.5. The van der Waals surface area contributed by atoms with E-state index in [2.05, 4.69) is 15.3 Å². The van der Waals surface area contributed by atoms with Crippen LogP contribution in [0.3, 0.4) is 0 Å². The Morgan fingerprint density at radius 1 is 1.00 bits per heavy atom. The van der Waals surface area contributed by atoms with Crippen molar-refractivity contribution in [1.82, 2.24) is 14.9 Å². The normalized spacial score (nSPS) is 11.1. The van der Waals surface area contributed by atoms with Gasteiger partial charge < -0.3 is 4.74 Å². The fourth-order valence-electron chi connectivity index (χ4n) is 2.73. The van der Waals surface area contributed by atoms with Gasteiger partial charge in [-0.1, -0.05) is 54.1 Å². The third kappa shape index (κ3) is 4.62. The fourth-order valence-corrected chi connectivity index (χ4v) is 3.13. The van der Waals surface area contributed by atoms with E-state index in [-0.39, 0.29) is 0 Å². The first-order valence-electron chi connectivity index (χ1n) is 8.94. The van der Waals surface area contributed by atoms with Crippen molar-refractivity contribution in [2.24, 2.45) is 5.10 Å². The molecule has 0 radical (unpaired) electrons. The predicted molar refractivity (Wildman–Crippen MR) is 118 cm³/mol.